The quantitative estimate of drug-likeness (QED) is 0.462. The largest absolute Gasteiger partial charge is 0.374 e. The minimum absolute atomic E-state index is 0.163. The Hall–Kier alpha value is -0.890. The van der Waals surface area contributed by atoms with E-state index in [4.69, 9.17) is 4.74 Å². The van der Waals surface area contributed by atoms with Gasteiger partial charge in [-0.15, -0.1) is 0 Å². The first kappa shape index (κ1) is 14.1. The van der Waals surface area contributed by atoms with E-state index in [2.05, 4.69) is 20.4 Å². The third-order valence-electron chi connectivity index (χ3n) is 2.11. The molecule has 0 rings (SSSR count). The van der Waals surface area contributed by atoms with Gasteiger partial charge in [-0.3, -0.25) is 0 Å². The zero-order valence-electron chi connectivity index (χ0n) is 9.92. The molecular formula is C13H21FO. The van der Waals surface area contributed by atoms with Crippen LogP contribution in [-0.4, -0.2) is 19.9 Å². The first-order valence-electron chi connectivity index (χ1n) is 5.27. The molecule has 15 heavy (non-hydrogen) atoms. The van der Waals surface area contributed by atoms with E-state index >= 15 is 0 Å². The molecule has 0 aromatic carbocycles. The summed E-state index contributed by atoms with van der Waals surface area (Å²) in [5.41, 5.74) is 2.13. The van der Waals surface area contributed by atoms with Crippen LogP contribution in [0.5, 0.6) is 0 Å². The zero-order valence-corrected chi connectivity index (χ0v) is 9.92. The average Bonchev–Trinajstić information content (AvgIpc) is 2.22. The molecule has 0 aromatic rings. The van der Waals surface area contributed by atoms with Gasteiger partial charge in [-0.05, 0) is 18.4 Å². The summed E-state index contributed by atoms with van der Waals surface area (Å²) in [5, 5.41) is 0. The van der Waals surface area contributed by atoms with Gasteiger partial charge < -0.3 is 4.74 Å². The summed E-state index contributed by atoms with van der Waals surface area (Å²) in [6, 6.07) is 0. The number of rotatable bonds is 7. The van der Waals surface area contributed by atoms with E-state index in [1.165, 1.54) is 0 Å². The van der Waals surface area contributed by atoms with E-state index in [0.717, 1.165) is 11.1 Å². The van der Waals surface area contributed by atoms with E-state index < -0.39 is 6.67 Å². The second kappa shape index (κ2) is 8.42. The highest BCUT2D eigenvalue weighted by molar-refractivity contribution is 5.27. The summed E-state index contributed by atoms with van der Waals surface area (Å²) in [4.78, 5) is 0. The minimum Gasteiger partial charge on any atom is -0.374 e. The fourth-order valence-corrected chi connectivity index (χ4v) is 0.879. The lowest BCUT2D eigenvalue weighted by Crippen LogP contribution is -2.00. The molecule has 0 saturated heterocycles. The standard InChI is InChI=1S/C13H21FO/c1-5-13(10-15-9-8-14)7-6-12(4)11(2)3/h5-7,11H,4,8-10H2,1-3H3/b7-6-,13-5+. The average molecular weight is 212 g/mol. The summed E-state index contributed by atoms with van der Waals surface area (Å²) >= 11 is 0. The van der Waals surface area contributed by atoms with Crippen molar-refractivity contribution in [1.82, 2.24) is 0 Å². The van der Waals surface area contributed by atoms with Crippen LogP contribution in [0.25, 0.3) is 0 Å². The minimum atomic E-state index is -0.431. The van der Waals surface area contributed by atoms with Crippen LogP contribution in [0.4, 0.5) is 4.39 Å². The summed E-state index contributed by atoms with van der Waals surface area (Å²) in [6.45, 7) is 10.3. The fourth-order valence-electron chi connectivity index (χ4n) is 0.879. The first-order valence-corrected chi connectivity index (χ1v) is 5.27. The molecule has 0 radical (unpaired) electrons. The number of hydrogen-bond donors (Lipinski definition) is 0. The second-order valence-corrected chi connectivity index (χ2v) is 3.67. The van der Waals surface area contributed by atoms with Gasteiger partial charge in [-0.25, -0.2) is 4.39 Å². The van der Waals surface area contributed by atoms with Crippen molar-refractivity contribution in [3.8, 4) is 0 Å². The predicted octanol–water partition coefficient (Wildman–Crippen LogP) is 3.69. The summed E-state index contributed by atoms with van der Waals surface area (Å²) < 4.78 is 16.9. The van der Waals surface area contributed by atoms with Crippen molar-refractivity contribution in [2.24, 2.45) is 5.92 Å². The van der Waals surface area contributed by atoms with Crippen molar-refractivity contribution in [2.45, 2.75) is 20.8 Å². The third-order valence-corrected chi connectivity index (χ3v) is 2.11. The molecule has 0 bridgehead atoms. The Morgan fingerprint density at radius 3 is 2.53 bits per heavy atom. The second-order valence-electron chi connectivity index (χ2n) is 3.67. The number of hydrogen-bond acceptors (Lipinski definition) is 1. The molecule has 0 atom stereocenters. The molecule has 0 saturated carbocycles. The van der Waals surface area contributed by atoms with Crippen molar-refractivity contribution in [3.63, 3.8) is 0 Å². The lowest BCUT2D eigenvalue weighted by atomic mass is 10.0. The van der Waals surface area contributed by atoms with Crippen LogP contribution in [0.2, 0.25) is 0 Å². The van der Waals surface area contributed by atoms with Crippen LogP contribution >= 0.6 is 0 Å². The number of ether oxygens (including phenoxy) is 1. The van der Waals surface area contributed by atoms with Crippen molar-refractivity contribution in [1.29, 1.82) is 0 Å². The molecule has 0 unspecified atom stereocenters. The van der Waals surface area contributed by atoms with Crippen molar-refractivity contribution in [3.05, 3.63) is 36.0 Å². The van der Waals surface area contributed by atoms with Crippen molar-refractivity contribution >= 4 is 0 Å². The summed E-state index contributed by atoms with van der Waals surface area (Å²) in [5.74, 6) is 0.450. The van der Waals surface area contributed by atoms with E-state index in [9.17, 15) is 4.39 Å². The Balaban J connectivity index is 4.05. The molecule has 2 heteroatoms. The van der Waals surface area contributed by atoms with Gasteiger partial charge >= 0.3 is 0 Å². The number of halogens is 1. The van der Waals surface area contributed by atoms with Gasteiger partial charge in [0.1, 0.15) is 6.67 Å². The Morgan fingerprint density at radius 1 is 1.40 bits per heavy atom. The molecule has 0 aliphatic carbocycles. The van der Waals surface area contributed by atoms with Crippen LogP contribution in [0, 0.1) is 5.92 Å². The van der Waals surface area contributed by atoms with Gasteiger partial charge in [0, 0.05) is 0 Å². The fraction of sp³-hybridized carbons (Fsp3) is 0.538. The Bertz CT molecular complexity index is 239. The van der Waals surface area contributed by atoms with Crippen LogP contribution in [0.1, 0.15) is 20.8 Å². The van der Waals surface area contributed by atoms with Crippen LogP contribution in [-0.2, 0) is 4.74 Å². The van der Waals surface area contributed by atoms with Gasteiger partial charge in [-0.1, -0.05) is 44.2 Å². The van der Waals surface area contributed by atoms with Gasteiger partial charge in [0.05, 0.1) is 13.2 Å². The highest BCUT2D eigenvalue weighted by Crippen LogP contribution is 2.09. The van der Waals surface area contributed by atoms with Gasteiger partial charge in [-0.2, -0.15) is 0 Å². The maximum absolute atomic E-state index is 11.8. The van der Waals surface area contributed by atoms with Gasteiger partial charge in [0.2, 0.25) is 0 Å². The summed E-state index contributed by atoms with van der Waals surface area (Å²) in [7, 11) is 0. The Labute approximate surface area is 92.3 Å². The molecule has 0 aromatic heterocycles. The monoisotopic (exact) mass is 212 g/mol. The smallest absolute Gasteiger partial charge is 0.113 e. The molecule has 1 nitrogen and oxygen atoms in total. The molecule has 0 heterocycles. The number of allylic oxidation sites excluding steroid dienone is 3. The highest BCUT2D eigenvalue weighted by atomic mass is 19.1. The lowest BCUT2D eigenvalue weighted by Gasteiger charge is -2.05. The van der Waals surface area contributed by atoms with E-state index in [1.807, 2.05) is 25.2 Å². The van der Waals surface area contributed by atoms with E-state index in [1.54, 1.807) is 0 Å². The first-order chi connectivity index (χ1) is 7.11. The molecule has 0 fully saturated rings. The van der Waals surface area contributed by atoms with Crippen LogP contribution in [0.15, 0.2) is 36.0 Å². The molecule has 0 N–H and O–H groups in total. The molecule has 0 aliphatic heterocycles. The molecule has 0 spiro atoms. The Kier molecular flexibility index (Phi) is 7.92. The molecule has 0 amide bonds. The molecule has 86 valence electrons. The SMILES string of the molecule is C=C(/C=C\C(=C/C)COCCF)C(C)C. The Morgan fingerprint density at radius 2 is 2.07 bits per heavy atom. The maximum Gasteiger partial charge on any atom is 0.113 e. The van der Waals surface area contributed by atoms with Crippen molar-refractivity contribution in [2.75, 3.05) is 19.9 Å². The number of alkyl halides is 1. The van der Waals surface area contributed by atoms with Crippen LogP contribution in [0.3, 0.4) is 0 Å². The summed E-state index contributed by atoms with van der Waals surface area (Å²) in [6.07, 6.45) is 5.92. The third kappa shape index (κ3) is 7.09. The lowest BCUT2D eigenvalue weighted by molar-refractivity contribution is 0.140. The van der Waals surface area contributed by atoms with Gasteiger partial charge in [0.15, 0.2) is 0 Å². The van der Waals surface area contributed by atoms with E-state index in [0.29, 0.717) is 12.5 Å². The molecular weight excluding hydrogens is 191 g/mol. The van der Waals surface area contributed by atoms with E-state index in [-0.39, 0.29) is 6.61 Å². The van der Waals surface area contributed by atoms with Gasteiger partial charge in [0.25, 0.3) is 0 Å². The highest BCUT2D eigenvalue weighted by Gasteiger charge is 1.96. The predicted molar refractivity (Wildman–Crippen MR) is 63.7 cm³/mol. The maximum atomic E-state index is 11.8. The zero-order chi connectivity index (χ0) is 11.7. The normalized spacial score (nSPS) is 12.7. The molecule has 0 aliphatic rings. The topological polar surface area (TPSA) is 9.23 Å². The van der Waals surface area contributed by atoms with Crippen molar-refractivity contribution < 1.29 is 9.13 Å². The van der Waals surface area contributed by atoms with Crippen LogP contribution < -0.4 is 0 Å².